The largest absolute Gasteiger partial charge is 0.383 e. The molecule has 1 aliphatic rings. The Kier molecular flexibility index (Phi) is 9.36. The van der Waals surface area contributed by atoms with Gasteiger partial charge in [-0.2, -0.15) is 0 Å². The first-order valence-electron chi connectivity index (χ1n) is 6.72. The Morgan fingerprint density at radius 3 is 2.64 bits per heavy atom. The molecular weight excluding hydrogens is 332 g/mol. The van der Waals surface area contributed by atoms with E-state index >= 15 is 0 Å². The Morgan fingerprint density at radius 1 is 1.41 bits per heavy atom. The van der Waals surface area contributed by atoms with Gasteiger partial charge in [-0.05, 0) is 25.0 Å². The topological polar surface area (TPSA) is 67.6 Å². The number of halogens is 3. The summed E-state index contributed by atoms with van der Waals surface area (Å²) < 4.78 is 18.8. The number of ether oxygens (including phenoxy) is 1. The van der Waals surface area contributed by atoms with Gasteiger partial charge in [0.15, 0.2) is 0 Å². The standard InChI is InChI=1S/C14H20FN3O2.2ClH/c1-20-9-11(16)14(19)17-13-10(15)5-4-6-12(13)18-7-2-3-8-18;;/h4-6,11H,2-3,7-9,16H2,1H3,(H,17,19);2*1H. The average molecular weight is 354 g/mol. The van der Waals surface area contributed by atoms with Crippen LogP contribution in [0.25, 0.3) is 0 Å². The van der Waals surface area contributed by atoms with Gasteiger partial charge in [-0.25, -0.2) is 4.39 Å². The molecule has 1 amide bonds. The maximum absolute atomic E-state index is 14.0. The number of carbonyl (C=O) groups is 1. The minimum absolute atomic E-state index is 0. The van der Waals surface area contributed by atoms with Crippen LogP contribution in [-0.2, 0) is 9.53 Å². The van der Waals surface area contributed by atoms with Crippen molar-refractivity contribution in [2.45, 2.75) is 18.9 Å². The molecule has 0 spiro atoms. The van der Waals surface area contributed by atoms with Gasteiger partial charge in [0, 0.05) is 20.2 Å². The molecule has 1 unspecified atom stereocenters. The van der Waals surface area contributed by atoms with E-state index in [2.05, 4.69) is 10.2 Å². The van der Waals surface area contributed by atoms with E-state index in [9.17, 15) is 9.18 Å². The third-order valence-electron chi connectivity index (χ3n) is 3.37. The summed E-state index contributed by atoms with van der Waals surface area (Å²) in [6.07, 6.45) is 2.15. The fourth-order valence-corrected chi connectivity index (χ4v) is 2.33. The number of anilines is 2. The van der Waals surface area contributed by atoms with Crippen LogP contribution in [0.2, 0.25) is 0 Å². The number of nitrogens with two attached hydrogens (primary N) is 1. The lowest BCUT2D eigenvalue weighted by molar-refractivity contribution is -0.118. The van der Waals surface area contributed by atoms with Gasteiger partial charge in [0.05, 0.1) is 12.3 Å². The van der Waals surface area contributed by atoms with Crippen LogP contribution in [0.3, 0.4) is 0 Å². The van der Waals surface area contributed by atoms with Crippen LogP contribution in [0.4, 0.5) is 15.8 Å². The number of rotatable bonds is 5. The zero-order chi connectivity index (χ0) is 14.5. The minimum Gasteiger partial charge on any atom is -0.383 e. The van der Waals surface area contributed by atoms with Crippen molar-refractivity contribution in [2.75, 3.05) is 37.0 Å². The third-order valence-corrected chi connectivity index (χ3v) is 3.37. The van der Waals surface area contributed by atoms with E-state index in [1.807, 2.05) is 6.07 Å². The van der Waals surface area contributed by atoms with Crippen LogP contribution >= 0.6 is 24.8 Å². The lowest BCUT2D eigenvalue weighted by Crippen LogP contribution is -2.39. The smallest absolute Gasteiger partial charge is 0.243 e. The molecule has 0 bridgehead atoms. The van der Waals surface area contributed by atoms with E-state index < -0.39 is 17.8 Å². The van der Waals surface area contributed by atoms with E-state index in [0.29, 0.717) is 5.69 Å². The first-order chi connectivity index (χ1) is 9.63. The highest BCUT2D eigenvalue weighted by Crippen LogP contribution is 2.31. The first kappa shape index (κ1) is 20.9. The van der Waals surface area contributed by atoms with Gasteiger partial charge in [-0.3, -0.25) is 4.79 Å². The molecule has 0 radical (unpaired) electrons. The molecule has 1 aromatic carbocycles. The summed E-state index contributed by atoms with van der Waals surface area (Å²) in [5, 5.41) is 2.58. The van der Waals surface area contributed by atoms with Crippen LogP contribution in [-0.4, -0.2) is 38.8 Å². The molecule has 1 heterocycles. The molecule has 1 aromatic rings. The van der Waals surface area contributed by atoms with Gasteiger partial charge in [-0.1, -0.05) is 6.07 Å². The number of benzene rings is 1. The minimum atomic E-state index is -0.814. The molecule has 126 valence electrons. The fourth-order valence-electron chi connectivity index (χ4n) is 2.33. The van der Waals surface area contributed by atoms with Gasteiger partial charge < -0.3 is 20.7 Å². The highest BCUT2D eigenvalue weighted by atomic mass is 35.5. The average Bonchev–Trinajstić information content (AvgIpc) is 2.95. The molecule has 0 aromatic heterocycles. The van der Waals surface area contributed by atoms with Crippen molar-refractivity contribution in [1.29, 1.82) is 0 Å². The summed E-state index contributed by atoms with van der Waals surface area (Å²) in [6.45, 7) is 1.84. The first-order valence-corrected chi connectivity index (χ1v) is 6.72. The highest BCUT2D eigenvalue weighted by Gasteiger charge is 2.21. The number of nitrogens with one attached hydrogen (secondary N) is 1. The molecule has 5 nitrogen and oxygen atoms in total. The molecule has 2 rings (SSSR count). The summed E-state index contributed by atoms with van der Waals surface area (Å²) in [5.74, 6) is -0.898. The fraction of sp³-hybridized carbons (Fsp3) is 0.500. The molecule has 0 aliphatic carbocycles. The highest BCUT2D eigenvalue weighted by molar-refractivity contribution is 5.97. The molecule has 3 N–H and O–H groups in total. The predicted molar refractivity (Wildman–Crippen MR) is 90.8 cm³/mol. The maximum atomic E-state index is 14.0. The van der Waals surface area contributed by atoms with Crippen LogP contribution in [0.1, 0.15) is 12.8 Å². The second-order valence-electron chi connectivity index (χ2n) is 4.88. The summed E-state index contributed by atoms with van der Waals surface area (Å²) in [4.78, 5) is 14.0. The summed E-state index contributed by atoms with van der Waals surface area (Å²) in [5.41, 5.74) is 6.56. The monoisotopic (exact) mass is 353 g/mol. The van der Waals surface area contributed by atoms with E-state index in [-0.39, 0.29) is 37.1 Å². The number of hydrogen-bond acceptors (Lipinski definition) is 4. The molecule has 0 saturated carbocycles. The number of hydrogen-bond donors (Lipinski definition) is 2. The summed E-state index contributed by atoms with van der Waals surface area (Å²) >= 11 is 0. The van der Waals surface area contributed by atoms with Crippen molar-refractivity contribution in [3.8, 4) is 0 Å². The second kappa shape index (κ2) is 9.84. The number of methoxy groups -OCH3 is 1. The van der Waals surface area contributed by atoms with Crippen molar-refractivity contribution in [1.82, 2.24) is 0 Å². The predicted octanol–water partition coefficient (Wildman–Crippen LogP) is 2.18. The SMILES string of the molecule is COCC(N)C(=O)Nc1c(F)cccc1N1CCCC1.Cl.Cl. The number of para-hydroxylation sites is 1. The van der Waals surface area contributed by atoms with Crippen LogP contribution < -0.4 is 16.0 Å². The summed E-state index contributed by atoms with van der Waals surface area (Å²) in [7, 11) is 1.46. The molecule has 1 saturated heterocycles. The van der Waals surface area contributed by atoms with Crippen molar-refractivity contribution in [3.63, 3.8) is 0 Å². The Balaban J connectivity index is 0.00000220. The second-order valence-corrected chi connectivity index (χ2v) is 4.88. The molecule has 22 heavy (non-hydrogen) atoms. The van der Waals surface area contributed by atoms with Gasteiger partial charge in [-0.15, -0.1) is 24.8 Å². The normalized spacial score (nSPS) is 14.8. The van der Waals surface area contributed by atoms with Crippen molar-refractivity contribution >= 4 is 42.1 Å². The van der Waals surface area contributed by atoms with Gasteiger partial charge >= 0.3 is 0 Å². The van der Waals surface area contributed by atoms with Gasteiger partial charge in [0.1, 0.15) is 17.5 Å². The van der Waals surface area contributed by atoms with E-state index in [0.717, 1.165) is 25.9 Å². The number of carbonyl (C=O) groups excluding carboxylic acids is 1. The van der Waals surface area contributed by atoms with E-state index in [1.54, 1.807) is 6.07 Å². The quantitative estimate of drug-likeness (QED) is 0.851. The van der Waals surface area contributed by atoms with Crippen molar-refractivity contribution in [2.24, 2.45) is 5.73 Å². The van der Waals surface area contributed by atoms with E-state index in [4.69, 9.17) is 10.5 Å². The Morgan fingerprint density at radius 2 is 2.05 bits per heavy atom. The van der Waals surface area contributed by atoms with Crippen molar-refractivity contribution in [3.05, 3.63) is 24.0 Å². The zero-order valence-corrected chi connectivity index (χ0v) is 14.0. The molecule has 1 fully saturated rings. The third kappa shape index (κ3) is 4.98. The maximum Gasteiger partial charge on any atom is 0.243 e. The Bertz CT molecular complexity index is 485. The van der Waals surface area contributed by atoms with Crippen LogP contribution in [0.5, 0.6) is 0 Å². The Hall–Kier alpha value is -1.08. The molecular formula is C14H22Cl2FN3O2. The van der Waals surface area contributed by atoms with E-state index in [1.165, 1.54) is 13.2 Å². The summed E-state index contributed by atoms with van der Waals surface area (Å²) in [6, 6.07) is 3.97. The molecule has 1 atom stereocenters. The van der Waals surface area contributed by atoms with Crippen molar-refractivity contribution < 1.29 is 13.9 Å². The molecule has 1 aliphatic heterocycles. The van der Waals surface area contributed by atoms with Gasteiger partial charge in [0.25, 0.3) is 0 Å². The lowest BCUT2D eigenvalue weighted by Gasteiger charge is -2.22. The van der Waals surface area contributed by atoms with Gasteiger partial charge in [0.2, 0.25) is 5.91 Å². The number of amides is 1. The molecule has 8 heteroatoms. The Labute approximate surface area is 142 Å². The zero-order valence-electron chi connectivity index (χ0n) is 12.4. The number of nitrogens with zero attached hydrogens (tertiary/aromatic N) is 1. The lowest BCUT2D eigenvalue weighted by atomic mass is 10.2. The van der Waals surface area contributed by atoms with Crippen LogP contribution in [0, 0.1) is 5.82 Å². The van der Waals surface area contributed by atoms with Crippen LogP contribution in [0.15, 0.2) is 18.2 Å².